The van der Waals surface area contributed by atoms with Crippen LogP contribution in [-0.2, 0) is 17.6 Å². The molecule has 1 aliphatic carbocycles. The highest BCUT2D eigenvalue weighted by molar-refractivity contribution is 7.16. The van der Waals surface area contributed by atoms with Crippen molar-refractivity contribution in [3.05, 3.63) is 62.0 Å². The lowest BCUT2D eigenvalue weighted by atomic mass is 9.69. The third kappa shape index (κ3) is 4.60. The first-order chi connectivity index (χ1) is 14.2. The summed E-state index contributed by atoms with van der Waals surface area (Å²) in [6.45, 7) is 6.81. The molecule has 0 saturated carbocycles. The average molecular weight is 424 g/mol. The second-order valence-corrected chi connectivity index (χ2v) is 9.38. The molecule has 0 fully saturated rings. The van der Waals surface area contributed by atoms with Crippen LogP contribution < -0.4 is 5.32 Å². The molecule has 1 heterocycles. The lowest BCUT2D eigenvalue weighted by Gasteiger charge is -2.36. The number of rotatable bonds is 6. The van der Waals surface area contributed by atoms with Gasteiger partial charge in [-0.25, -0.2) is 0 Å². The quantitative estimate of drug-likeness (QED) is 0.365. The fourth-order valence-corrected chi connectivity index (χ4v) is 5.06. The van der Waals surface area contributed by atoms with E-state index in [9.17, 15) is 20.2 Å². The highest BCUT2D eigenvalue weighted by atomic mass is 32.1. The number of nitro benzene ring substituents is 1. The number of nitrogens with zero attached hydrogens (tertiary/aromatic N) is 2. The Labute approximate surface area is 180 Å². The van der Waals surface area contributed by atoms with Crippen molar-refractivity contribution in [2.45, 2.75) is 46.5 Å². The molecular formula is C23H25N3O3S. The van der Waals surface area contributed by atoms with E-state index in [2.05, 4.69) is 32.2 Å². The molecule has 1 amide bonds. The summed E-state index contributed by atoms with van der Waals surface area (Å²) in [4.78, 5) is 23.9. The van der Waals surface area contributed by atoms with Crippen molar-refractivity contribution in [2.75, 3.05) is 5.32 Å². The molecule has 1 N–H and O–H groups in total. The van der Waals surface area contributed by atoms with Crippen LogP contribution in [0, 0.1) is 32.8 Å². The van der Waals surface area contributed by atoms with Gasteiger partial charge in [-0.3, -0.25) is 14.9 Å². The van der Waals surface area contributed by atoms with Crippen molar-refractivity contribution in [1.29, 1.82) is 5.26 Å². The third-order valence-corrected chi connectivity index (χ3v) is 7.33. The molecule has 2 aromatic rings. The van der Waals surface area contributed by atoms with E-state index in [1.54, 1.807) is 18.2 Å². The minimum Gasteiger partial charge on any atom is -0.313 e. The topological polar surface area (TPSA) is 96.0 Å². The molecule has 156 valence electrons. The number of hydrogen-bond donors (Lipinski definition) is 1. The summed E-state index contributed by atoms with van der Waals surface area (Å²) in [5, 5.41) is 23.8. The van der Waals surface area contributed by atoms with Crippen LogP contribution >= 0.6 is 11.3 Å². The zero-order valence-corrected chi connectivity index (χ0v) is 18.2. The predicted octanol–water partition coefficient (Wildman–Crippen LogP) is 5.72. The molecule has 1 atom stereocenters. The zero-order valence-electron chi connectivity index (χ0n) is 17.4. The van der Waals surface area contributed by atoms with Gasteiger partial charge in [0.1, 0.15) is 11.1 Å². The number of fused-ring (bicyclic) bond motifs is 1. The smallest absolute Gasteiger partial charge is 0.269 e. The van der Waals surface area contributed by atoms with Crippen molar-refractivity contribution in [3.63, 3.8) is 0 Å². The van der Waals surface area contributed by atoms with E-state index in [1.165, 1.54) is 34.4 Å². The Bertz CT molecular complexity index is 1030. The van der Waals surface area contributed by atoms with Crippen LogP contribution in [0.4, 0.5) is 10.7 Å². The number of amides is 1. The van der Waals surface area contributed by atoms with Gasteiger partial charge >= 0.3 is 0 Å². The summed E-state index contributed by atoms with van der Waals surface area (Å²) in [6.07, 6.45) is 6.97. The van der Waals surface area contributed by atoms with Crippen LogP contribution in [0.25, 0.3) is 6.08 Å². The van der Waals surface area contributed by atoms with Crippen molar-refractivity contribution in [2.24, 2.45) is 11.3 Å². The van der Waals surface area contributed by atoms with Gasteiger partial charge in [0.2, 0.25) is 5.91 Å². The summed E-state index contributed by atoms with van der Waals surface area (Å²) in [5.74, 6) is 0.250. The number of nitro groups is 1. The van der Waals surface area contributed by atoms with Gasteiger partial charge < -0.3 is 5.32 Å². The lowest BCUT2D eigenvalue weighted by Crippen LogP contribution is -2.28. The molecule has 6 nitrogen and oxygen atoms in total. The van der Waals surface area contributed by atoms with E-state index >= 15 is 0 Å². The third-order valence-electron chi connectivity index (χ3n) is 6.16. The van der Waals surface area contributed by atoms with Gasteiger partial charge in [-0.05, 0) is 59.9 Å². The Kier molecular flexibility index (Phi) is 6.37. The SMILES string of the molecule is CCC(C)(C)C1CCc2c(sc(NC(=O)/C=C/c3ccc([N+](=O)[O-])cc3)c2C#N)C1. The molecule has 7 heteroatoms. The van der Waals surface area contributed by atoms with Crippen LogP contribution in [0.1, 0.15) is 55.2 Å². The second kappa shape index (κ2) is 8.80. The van der Waals surface area contributed by atoms with E-state index in [4.69, 9.17) is 0 Å². The van der Waals surface area contributed by atoms with E-state index in [1.807, 2.05) is 0 Å². The number of nitrogens with one attached hydrogen (secondary N) is 1. The standard InChI is InChI=1S/C23H25N3O3S/c1-4-23(2,3)16-8-11-18-19(14-24)22(30-20(18)13-16)25-21(27)12-7-15-5-9-17(10-6-15)26(28)29/h5-7,9-10,12,16H,4,8,11,13H2,1-3H3,(H,25,27)/b12-7+. The Morgan fingerprint density at radius 1 is 1.40 bits per heavy atom. The molecule has 0 aliphatic heterocycles. The summed E-state index contributed by atoms with van der Waals surface area (Å²) >= 11 is 1.51. The molecule has 0 bridgehead atoms. The van der Waals surface area contributed by atoms with Gasteiger partial charge in [0.05, 0.1) is 10.5 Å². The number of benzene rings is 1. The molecular weight excluding hydrogens is 398 g/mol. The summed E-state index contributed by atoms with van der Waals surface area (Å²) in [6, 6.07) is 8.24. The van der Waals surface area contributed by atoms with Gasteiger partial charge in [-0.2, -0.15) is 5.26 Å². The fourth-order valence-electron chi connectivity index (χ4n) is 3.78. The normalized spacial score (nSPS) is 16.1. The molecule has 30 heavy (non-hydrogen) atoms. The van der Waals surface area contributed by atoms with Crippen LogP contribution in [-0.4, -0.2) is 10.8 Å². The zero-order chi connectivity index (χ0) is 21.9. The molecule has 0 radical (unpaired) electrons. The monoisotopic (exact) mass is 423 g/mol. The molecule has 1 aromatic carbocycles. The number of carbonyl (C=O) groups excluding carboxylic acids is 1. The molecule has 1 aliphatic rings. The molecule has 1 aromatic heterocycles. The first kappa shape index (κ1) is 21.7. The summed E-state index contributed by atoms with van der Waals surface area (Å²) < 4.78 is 0. The van der Waals surface area contributed by atoms with Gasteiger partial charge in [0.15, 0.2) is 0 Å². The highest BCUT2D eigenvalue weighted by Crippen LogP contribution is 2.45. The van der Waals surface area contributed by atoms with Crippen LogP contribution in [0.3, 0.4) is 0 Å². The maximum atomic E-state index is 12.4. The van der Waals surface area contributed by atoms with Crippen molar-refractivity contribution >= 4 is 34.0 Å². The first-order valence-electron chi connectivity index (χ1n) is 10.0. The largest absolute Gasteiger partial charge is 0.313 e. The lowest BCUT2D eigenvalue weighted by molar-refractivity contribution is -0.384. The first-order valence-corrected chi connectivity index (χ1v) is 10.8. The number of nitriles is 1. The van der Waals surface area contributed by atoms with Crippen LogP contribution in [0.15, 0.2) is 30.3 Å². The number of hydrogen-bond acceptors (Lipinski definition) is 5. The van der Waals surface area contributed by atoms with Crippen molar-refractivity contribution in [1.82, 2.24) is 0 Å². The fraction of sp³-hybridized carbons (Fsp3) is 0.391. The van der Waals surface area contributed by atoms with E-state index in [-0.39, 0.29) is 17.0 Å². The number of anilines is 1. The van der Waals surface area contributed by atoms with Gasteiger partial charge in [-0.15, -0.1) is 11.3 Å². The maximum Gasteiger partial charge on any atom is 0.269 e. The maximum absolute atomic E-state index is 12.4. The Morgan fingerprint density at radius 2 is 2.10 bits per heavy atom. The Balaban J connectivity index is 1.73. The van der Waals surface area contributed by atoms with E-state index in [0.717, 1.165) is 31.2 Å². The van der Waals surface area contributed by atoms with Crippen molar-refractivity contribution in [3.8, 4) is 6.07 Å². The van der Waals surface area contributed by atoms with E-state index < -0.39 is 4.92 Å². The Morgan fingerprint density at radius 3 is 2.70 bits per heavy atom. The molecule has 0 saturated heterocycles. The Hall–Kier alpha value is -2.98. The van der Waals surface area contributed by atoms with Gasteiger partial charge in [0.25, 0.3) is 5.69 Å². The number of carbonyl (C=O) groups is 1. The minimum atomic E-state index is -0.464. The minimum absolute atomic E-state index is 0.00369. The van der Waals surface area contributed by atoms with Gasteiger partial charge in [0, 0.05) is 23.1 Å². The summed E-state index contributed by atoms with van der Waals surface area (Å²) in [7, 11) is 0. The van der Waals surface area contributed by atoms with E-state index in [0.29, 0.717) is 22.0 Å². The average Bonchev–Trinajstić information content (AvgIpc) is 3.08. The van der Waals surface area contributed by atoms with Gasteiger partial charge in [-0.1, -0.05) is 27.2 Å². The van der Waals surface area contributed by atoms with Crippen LogP contribution in [0.2, 0.25) is 0 Å². The number of thiophene rings is 1. The number of non-ortho nitro benzene ring substituents is 1. The van der Waals surface area contributed by atoms with Crippen molar-refractivity contribution < 1.29 is 9.72 Å². The molecule has 0 spiro atoms. The van der Waals surface area contributed by atoms with Crippen LogP contribution in [0.5, 0.6) is 0 Å². The second-order valence-electron chi connectivity index (χ2n) is 8.27. The predicted molar refractivity (Wildman–Crippen MR) is 119 cm³/mol. The molecule has 1 unspecified atom stereocenters. The summed E-state index contributed by atoms with van der Waals surface area (Å²) in [5.41, 5.74) is 2.61. The highest BCUT2D eigenvalue weighted by Gasteiger charge is 2.34. The molecule has 3 rings (SSSR count).